The molecule has 1 fully saturated rings. The van der Waals surface area contributed by atoms with Crippen LogP contribution in [0, 0.1) is 6.92 Å². The Bertz CT molecular complexity index is 1090. The van der Waals surface area contributed by atoms with Crippen LogP contribution in [0.15, 0.2) is 59.6 Å². The van der Waals surface area contributed by atoms with Gasteiger partial charge in [0, 0.05) is 30.6 Å². The quantitative estimate of drug-likeness (QED) is 0.646. The maximum atomic E-state index is 5.39. The van der Waals surface area contributed by atoms with E-state index in [1.54, 1.807) is 18.4 Å². The van der Waals surface area contributed by atoms with E-state index in [2.05, 4.69) is 71.0 Å². The number of aliphatic imine (C=N–C) groups is 1. The van der Waals surface area contributed by atoms with Crippen LogP contribution in [0.25, 0.3) is 0 Å². The van der Waals surface area contributed by atoms with Gasteiger partial charge < -0.3 is 20.3 Å². The van der Waals surface area contributed by atoms with Gasteiger partial charge in [-0.2, -0.15) is 0 Å². The standard InChI is InChI=1S/C24H26N4OS/c1-16-12-20-23(26-21-8-3-4-9-22(21)27-24(20)30-16)28-11-10-25-18(15-28)13-17-6-5-7-19(14-17)29-2/h3-9,12,14,18,25,27H,10-11,13,15H2,1-2H3/t18-/m0/s1. The van der Waals surface area contributed by atoms with E-state index in [0.29, 0.717) is 6.04 Å². The van der Waals surface area contributed by atoms with Crippen LogP contribution in [0.2, 0.25) is 0 Å². The van der Waals surface area contributed by atoms with Crippen molar-refractivity contribution in [2.45, 2.75) is 19.4 Å². The monoisotopic (exact) mass is 418 g/mol. The van der Waals surface area contributed by atoms with Crippen LogP contribution in [0.5, 0.6) is 5.75 Å². The first-order valence-corrected chi connectivity index (χ1v) is 11.2. The van der Waals surface area contributed by atoms with Gasteiger partial charge in [-0.25, -0.2) is 4.99 Å². The van der Waals surface area contributed by atoms with Crippen molar-refractivity contribution in [1.29, 1.82) is 0 Å². The molecule has 2 aliphatic rings. The molecule has 1 saturated heterocycles. The Morgan fingerprint density at radius 2 is 2.07 bits per heavy atom. The largest absolute Gasteiger partial charge is 0.497 e. The zero-order valence-electron chi connectivity index (χ0n) is 17.3. The molecule has 2 aliphatic heterocycles. The van der Waals surface area contributed by atoms with Gasteiger partial charge in [0.2, 0.25) is 0 Å². The van der Waals surface area contributed by atoms with Crippen molar-refractivity contribution in [3.8, 4) is 5.75 Å². The number of nitrogens with one attached hydrogen (secondary N) is 2. The first kappa shape index (κ1) is 19.2. The number of piperazine rings is 1. The summed E-state index contributed by atoms with van der Waals surface area (Å²) >= 11 is 1.79. The van der Waals surface area contributed by atoms with Crippen molar-refractivity contribution in [2.75, 3.05) is 32.1 Å². The lowest BCUT2D eigenvalue weighted by molar-refractivity contribution is 0.290. The van der Waals surface area contributed by atoms with E-state index >= 15 is 0 Å². The number of nitrogens with zero attached hydrogens (tertiary/aromatic N) is 2. The third-order valence-electron chi connectivity index (χ3n) is 5.65. The first-order valence-electron chi connectivity index (χ1n) is 10.4. The van der Waals surface area contributed by atoms with E-state index in [1.807, 2.05) is 6.07 Å². The molecule has 1 atom stereocenters. The minimum absolute atomic E-state index is 0.364. The maximum absolute atomic E-state index is 5.39. The molecular formula is C24H26N4OS. The zero-order valence-corrected chi connectivity index (χ0v) is 18.1. The lowest BCUT2D eigenvalue weighted by atomic mass is 10.0. The number of hydrogen-bond acceptors (Lipinski definition) is 6. The van der Waals surface area contributed by atoms with Gasteiger partial charge in [0.25, 0.3) is 0 Å². The van der Waals surface area contributed by atoms with Gasteiger partial charge in [-0.15, -0.1) is 11.3 Å². The Kier molecular flexibility index (Phi) is 5.19. The fraction of sp³-hybridized carbons (Fsp3) is 0.292. The van der Waals surface area contributed by atoms with Gasteiger partial charge in [0.05, 0.1) is 24.0 Å². The van der Waals surface area contributed by atoms with Crippen molar-refractivity contribution in [3.63, 3.8) is 0 Å². The number of para-hydroxylation sites is 2. The third-order valence-corrected chi connectivity index (χ3v) is 6.61. The number of aryl methyl sites for hydroxylation is 1. The van der Waals surface area contributed by atoms with Crippen LogP contribution in [-0.2, 0) is 6.42 Å². The Morgan fingerprint density at radius 1 is 1.17 bits per heavy atom. The zero-order chi connectivity index (χ0) is 20.5. The summed E-state index contributed by atoms with van der Waals surface area (Å²) in [6.07, 6.45) is 0.964. The Balaban J connectivity index is 1.44. The third kappa shape index (κ3) is 3.80. The lowest BCUT2D eigenvalue weighted by Crippen LogP contribution is -2.53. The van der Waals surface area contributed by atoms with Crippen molar-refractivity contribution in [1.82, 2.24) is 10.2 Å². The molecule has 154 valence electrons. The number of anilines is 2. The topological polar surface area (TPSA) is 48.9 Å². The maximum Gasteiger partial charge on any atom is 0.139 e. The highest BCUT2D eigenvalue weighted by Gasteiger charge is 2.27. The molecule has 5 nitrogen and oxygen atoms in total. The number of ether oxygens (including phenoxy) is 1. The predicted octanol–water partition coefficient (Wildman–Crippen LogP) is 4.72. The Morgan fingerprint density at radius 3 is 2.97 bits per heavy atom. The van der Waals surface area contributed by atoms with Crippen LogP contribution >= 0.6 is 11.3 Å². The highest BCUT2D eigenvalue weighted by Crippen LogP contribution is 2.39. The van der Waals surface area contributed by atoms with Crippen molar-refractivity contribution >= 4 is 33.5 Å². The van der Waals surface area contributed by atoms with Crippen LogP contribution in [0.1, 0.15) is 16.0 Å². The fourth-order valence-corrected chi connectivity index (χ4v) is 5.15. The van der Waals surface area contributed by atoms with Gasteiger partial charge >= 0.3 is 0 Å². The van der Waals surface area contributed by atoms with Gasteiger partial charge in [-0.05, 0) is 49.2 Å². The van der Waals surface area contributed by atoms with Crippen molar-refractivity contribution < 1.29 is 4.74 Å². The average molecular weight is 419 g/mol. The van der Waals surface area contributed by atoms with Crippen LogP contribution in [-0.4, -0.2) is 43.5 Å². The summed E-state index contributed by atoms with van der Waals surface area (Å²) in [7, 11) is 1.72. The number of methoxy groups -OCH3 is 1. The van der Waals surface area contributed by atoms with Crippen LogP contribution in [0.4, 0.5) is 16.4 Å². The molecule has 3 aromatic rings. The van der Waals surface area contributed by atoms with E-state index in [1.165, 1.54) is 21.0 Å². The molecule has 6 heteroatoms. The smallest absolute Gasteiger partial charge is 0.139 e. The minimum Gasteiger partial charge on any atom is -0.497 e. The molecule has 0 saturated carbocycles. The SMILES string of the molecule is COc1cccc(C[C@H]2CN(C3=Nc4ccccc4Nc4sc(C)cc43)CCN2)c1. The number of fused-ring (bicyclic) bond motifs is 2. The molecule has 0 unspecified atom stereocenters. The second-order valence-electron chi connectivity index (χ2n) is 7.83. The summed E-state index contributed by atoms with van der Waals surface area (Å²) in [5.41, 5.74) is 4.56. The average Bonchev–Trinajstić information content (AvgIpc) is 3.05. The Labute approximate surface area is 181 Å². The predicted molar refractivity (Wildman–Crippen MR) is 125 cm³/mol. The second-order valence-corrected chi connectivity index (χ2v) is 9.09. The number of thiophene rings is 1. The van der Waals surface area contributed by atoms with E-state index in [9.17, 15) is 0 Å². The number of rotatable bonds is 3. The summed E-state index contributed by atoms with van der Waals surface area (Å²) in [5, 5.41) is 8.47. The van der Waals surface area contributed by atoms with Gasteiger partial charge in [-0.3, -0.25) is 0 Å². The number of amidine groups is 1. The first-order chi connectivity index (χ1) is 14.7. The van der Waals surface area contributed by atoms with Gasteiger partial charge in [0.15, 0.2) is 0 Å². The van der Waals surface area contributed by atoms with E-state index < -0.39 is 0 Å². The van der Waals surface area contributed by atoms with Gasteiger partial charge in [0.1, 0.15) is 16.6 Å². The fourth-order valence-electron chi connectivity index (χ4n) is 4.23. The van der Waals surface area contributed by atoms with Crippen molar-refractivity contribution in [3.05, 3.63) is 70.6 Å². The second kappa shape index (κ2) is 8.13. The summed E-state index contributed by atoms with van der Waals surface area (Å²) in [6.45, 7) is 4.98. The molecule has 0 radical (unpaired) electrons. The molecule has 30 heavy (non-hydrogen) atoms. The van der Waals surface area contributed by atoms with Crippen LogP contribution in [0.3, 0.4) is 0 Å². The molecule has 0 aliphatic carbocycles. The molecule has 0 amide bonds. The minimum atomic E-state index is 0.364. The van der Waals surface area contributed by atoms with Crippen LogP contribution < -0.4 is 15.4 Å². The summed E-state index contributed by atoms with van der Waals surface area (Å²) < 4.78 is 5.39. The summed E-state index contributed by atoms with van der Waals surface area (Å²) in [5.74, 6) is 1.98. The summed E-state index contributed by atoms with van der Waals surface area (Å²) in [6, 6.07) is 19.3. The number of benzene rings is 2. The molecule has 2 N–H and O–H groups in total. The number of hydrogen-bond donors (Lipinski definition) is 2. The van der Waals surface area contributed by atoms with E-state index in [0.717, 1.165) is 49.0 Å². The molecular weight excluding hydrogens is 392 g/mol. The molecule has 5 rings (SSSR count). The van der Waals surface area contributed by atoms with E-state index in [4.69, 9.17) is 9.73 Å². The Hall–Kier alpha value is -2.83. The normalized spacial score (nSPS) is 18.0. The van der Waals surface area contributed by atoms with Gasteiger partial charge in [-0.1, -0.05) is 24.3 Å². The molecule has 0 spiro atoms. The molecule has 1 aromatic heterocycles. The van der Waals surface area contributed by atoms with E-state index in [-0.39, 0.29) is 0 Å². The lowest BCUT2D eigenvalue weighted by Gasteiger charge is -2.36. The molecule has 3 heterocycles. The highest BCUT2D eigenvalue weighted by atomic mass is 32.1. The summed E-state index contributed by atoms with van der Waals surface area (Å²) in [4.78, 5) is 8.86. The molecule has 0 bridgehead atoms. The van der Waals surface area contributed by atoms with Crippen molar-refractivity contribution in [2.24, 2.45) is 4.99 Å². The molecule has 2 aromatic carbocycles. The highest BCUT2D eigenvalue weighted by molar-refractivity contribution is 7.16.